The van der Waals surface area contributed by atoms with Gasteiger partial charge in [0.05, 0.1) is 0 Å². The summed E-state index contributed by atoms with van der Waals surface area (Å²) in [5.74, 6) is 0.765. The summed E-state index contributed by atoms with van der Waals surface area (Å²) in [4.78, 5) is 10.7. The predicted octanol–water partition coefficient (Wildman–Crippen LogP) is 0.830. The van der Waals surface area contributed by atoms with Gasteiger partial charge in [-0.1, -0.05) is 18.2 Å². The fraction of sp³-hybridized carbons (Fsp3) is 0.222. The van der Waals surface area contributed by atoms with Crippen molar-refractivity contribution in [3.8, 4) is 5.75 Å². The van der Waals surface area contributed by atoms with E-state index in [1.807, 2.05) is 24.3 Å². The zero-order chi connectivity index (χ0) is 8.18. The highest BCUT2D eigenvalue weighted by molar-refractivity contribution is 5.74. The largest absolute Gasteiger partial charge is 0.460 e. The lowest BCUT2D eigenvalue weighted by Gasteiger charge is -2.02. The van der Waals surface area contributed by atoms with E-state index in [9.17, 15) is 4.79 Å². The molecule has 0 saturated carbocycles. The molecule has 2 aliphatic heterocycles. The highest BCUT2D eigenvalue weighted by Gasteiger charge is 2.66. The van der Waals surface area contributed by atoms with E-state index in [2.05, 4.69) is 0 Å². The minimum Gasteiger partial charge on any atom is -0.460 e. The second-order valence-corrected chi connectivity index (χ2v) is 2.97. The van der Waals surface area contributed by atoms with Crippen molar-refractivity contribution < 1.29 is 14.3 Å². The lowest BCUT2D eigenvalue weighted by molar-refractivity contribution is -0.112. The molecule has 1 aromatic carbocycles. The molecular weight excluding hydrogens is 156 g/mol. The zero-order valence-electron chi connectivity index (χ0n) is 6.19. The summed E-state index contributed by atoms with van der Waals surface area (Å²) >= 11 is 0. The molecule has 1 aromatic rings. The number of ether oxygens (including phenoxy) is 2. The Morgan fingerprint density at radius 3 is 3.08 bits per heavy atom. The molecule has 0 aromatic heterocycles. The minimum absolute atomic E-state index is 0.368. The van der Waals surface area contributed by atoms with Crippen LogP contribution >= 0.6 is 0 Å². The van der Waals surface area contributed by atoms with Gasteiger partial charge in [0, 0.05) is 5.56 Å². The van der Waals surface area contributed by atoms with Crippen LogP contribution < -0.4 is 4.74 Å². The van der Waals surface area contributed by atoms with Crippen LogP contribution in [0.3, 0.4) is 0 Å². The average Bonchev–Trinajstić information content (AvgIpc) is 2.75. The summed E-state index contributed by atoms with van der Waals surface area (Å²) in [5.41, 5.74) is 0.0846. The van der Waals surface area contributed by atoms with E-state index < -0.39 is 5.60 Å². The van der Waals surface area contributed by atoms with Gasteiger partial charge in [-0.25, -0.2) is 0 Å². The Kier molecular flexibility index (Phi) is 0.875. The molecule has 0 aliphatic carbocycles. The second kappa shape index (κ2) is 1.69. The Labute approximate surface area is 68.9 Å². The van der Waals surface area contributed by atoms with Crippen LogP contribution in [0.5, 0.6) is 5.75 Å². The van der Waals surface area contributed by atoms with Crippen molar-refractivity contribution in [1.29, 1.82) is 0 Å². The van der Waals surface area contributed by atoms with Gasteiger partial charge in [0.2, 0.25) is 11.9 Å². The van der Waals surface area contributed by atoms with E-state index in [1.54, 1.807) is 0 Å². The molecule has 0 spiro atoms. The van der Waals surface area contributed by atoms with Crippen molar-refractivity contribution in [3.05, 3.63) is 29.8 Å². The van der Waals surface area contributed by atoms with Gasteiger partial charge in [-0.05, 0) is 6.07 Å². The first-order valence-electron chi connectivity index (χ1n) is 3.77. The van der Waals surface area contributed by atoms with Gasteiger partial charge in [0.1, 0.15) is 5.75 Å². The van der Waals surface area contributed by atoms with E-state index >= 15 is 0 Å². The quantitative estimate of drug-likeness (QED) is 0.453. The van der Waals surface area contributed by atoms with E-state index in [4.69, 9.17) is 9.47 Å². The number of hydrogen-bond acceptors (Lipinski definition) is 3. The first-order valence-corrected chi connectivity index (χ1v) is 3.77. The number of rotatable bonds is 1. The molecule has 3 nitrogen and oxygen atoms in total. The van der Waals surface area contributed by atoms with Crippen LogP contribution in [-0.4, -0.2) is 12.6 Å². The van der Waals surface area contributed by atoms with E-state index in [0.29, 0.717) is 0 Å². The van der Waals surface area contributed by atoms with Gasteiger partial charge in [-0.3, -0.25) is 4.79 Å². The van der Waals surface area contributed by atoms with Gasteiger partial charge in [-0.15, -0.1) is 0 Å². The maximum Gasteiger partial charge on any atom is 0.242 e. The second-order valence-electron chi connectivity index (χ2n) is 2.97. The van der Waals surface area contributed by atoms with Gasteiger partial charge >= 0.3 is 0 Å². The van der Waals surface area contributed by atoms with Gasteiger partial charge in [-0.2, -0.15) is 0 Å². The summed E-state index contributed by atoms with van der Waals surface area (Å²) in [5, 5.41) is 0. The molecule has 1 saturated heterocycles. The van der Waals surface area contributed by atoms with Crippen LogP contribution in [0.25, 0.3) is 0 Å². The molecule has 0 radical (unpaired) electrons. The Hall–Kier alpha value is -1.35. The molecule has 60 valence electrons. The third-order valence-electron chi connectivity index (χ3n) is 2.31. The maximum absolute atomic E-state index is 10.7. The van der Waals surface area contributed by atoms with Crippen molar-refractivity contribution in [2.45, 2.75) is 11.9 Å². The van der Waals surface area contributed by atoms with Crippen LogP contribution in [0.1, 0.15) is 5.56 Å². The molecule has 1 fully saturated rings. The van der Waals surface area contributed by atoms with Crippen molar-refractivity contribution in [2.24, 2.45) is 0 Å². The van der Waals surface area contributed by atoms with Gasteiger partial charge < -0.3 is 9.47 Å². The molecule has 2 atom stereocenters. The summed E-state index contributed by atoms with van der Waals surface area (Å²) in [6.45, 7) is 0. The number of carbonyl (C=O) groups is 1. The number of para-hydroxylation sites is 1. The fourth-order valence-electron chi connectivity index (χ4n) is 1.60. The predicted molar refractivity (Wildman–Crippen MR) is 39.7 cm³/mol. The highest BCUT2D eigenvalue weighted by atomic mass is 16.8. The Bertz CT molecular complexity index is 361. The molecule has 3 rings (SSSR count). The zero-order valence-corrected chi connectivity index (χ0v) is 6.19. The molecule has 12 heavy (non-hydrogen) atoms. The van der Waals surface area contributed by atoms with E-state index in [0.717, 1.165) is 17.6 Å². The molecule has 0 bridgehead atoms. The summed E-state index contributed by atoms with van der Waals surface area (Å²) in [6.07, 6.45) is 0.441. The molecule has 0 amide bonds. The smallest absolute Gasteiger partial charge is 0.242 e. The number of carbonyl (C=O) groups excluding carboxylic acids is 1. The van der Waals surface area contributed by atoms with Crippen molar-refractivity contribution in [2.75, 3.05) is 0 Å². The number of aldehydes is 1. The van der Waals surface area contributed by atoms with Gasteiger partial charge in [0.25, 0.3) is 0 Å². The standard InChI is InChI=1S/C9H6O3/c10-5-9-6-3-1-2-4-7(6)11-8(9)12-9/h1-5,8H. The topological polar surface area (TPSA) is 38.8 Å². The van der Waals surface area contributed by atoms with E-state index in [1.165, 1.54) is 0 Å². The average molecular weight is 162 g/mol. The lowest BCUT2D eigenvalue weighted by Crippen LogP contribution is -2.09. The first-order chi connectivity index (χ1) is 5.87. The minimum atomic E-state index is -0.767. The number of hydrogen-bond donors (Lipinski definition) is 0. The highest BCUT2D eigenvalue weighted by Crippen LogP contribution is 2.54. The molecule has 2 unspecified atom stereocenters. The van der Waals surface area contributed by atoms with Crippen molar-refractivity contribution >= 4 is 6.29 Å². The number of fused-ring (bicyclic) bond motifs is 3. The lowest BCUT2D eigenvalue weighted by atomic mass is 10.0. The molecule has 2 aliphatic rings. The van der Waals surface area contributed by atoms with Gasteiger partial charge in [0.15, 0.2) is 6.29 Å². The van der Waals surface area contributed by atoms with Crippen LogP contribution in [0.2, 0.25) is 0 Å². The van der Waals surface area contributed by atoms with Crippen LogP contribution in [0.15, 0.2) is 24.3 Å². The Balaban J connectivity index is 2.22. The van der Waals surface area contributed by atoms with Crippen LogP contribution in [-0.2, 0) is 15.1 Å². The summed E-state index contributed by atoms with van der Waals surface area (Å²) in [6, 6.07) is 7.45. The molecular formula is C9H6O3. The molecule has 3 heteroatoms. The third-order valence-corrected chi connectivity index (χ3v) is 2.31. The Morgan fingerprint density at radius 1 is 1.42 bits per heavy atom. The van der Waals surface area contributed by atoms with E-state index in [-0.39, 0.29) is 6.29 Å². The van der Waals surface area contributed by atoms with Crippen molar-refractivity contribution in [1.82, 2.24) is 0 Å². The van der Waals surface area contributed by atoms with Crippen LogP contribution in [0.4, 0.5) is 0 Å². The third kappa shape index (κ3) is 0.505. The first kappa shape index (κ1) is 6.20. The van der Waals surface area contributed by atoms with Crippen LogP contribution in [0, 0.1) is 0 Å². The number of epoxide rings is 1. The monoisotopic (exact) mass is 162 g/mol. The normalized spacial score (nSPS) is 34.8. The van der Waals surface area contributed by atoms with Crippen molar-refractivity contribution in [3.63, 3.8) is 0 Å². The molecule has 0 N–H and O–H groups in total. The maximum atomic E-state index is 10.7. The molecule has 2 heterocycles. The Morgan fingerprint density at radius 2 is 2.25 bits per heavy atom. The number of benzene rings is 1. The summed E-state index contributed by atoms with van der Waals surface area (Å²) in [7, 11) is 0. The summed E-state index contributed by atoms with van der Waals surface area (Å²) < 4.78 is 10.4. The SMILES string of the molecule is O=CC12OC1Oc1ccccc12. The fourth-order valence-corrected chi connectivity index (χ4v) is 1.60.